The summed E-state index contributed by atoms with van der Waals surface area (Å²) in [4.78, 5) is 31.4. The van der Waals surface area contributed by atoms with Gasteiger partial charge in [-0.05, 0) is 49.2 Å². The lowest BCUT2D eigenvalue weighted by atomic mass is 10.1. The molecule has 1 saturated heterocycles. The Morgan fingerprint density at radius 3 is 2.74 bits per heavy atom. The summed E-state index contributed by atoms with van der Waals surface area (Å²) < 4.78 is 2.60. The van der Waals surface area contributed by atoms with Crippen molar-refractivity contribution in [3.8, 4) is 0 Å². The highest BCUT2D eigenvalue weighted by Gasteiger charge is 2.34. The van der Waals surface area contributed by atoms with E-state index in [0.717, 1.165) is 10.9 Å². The summed E-state index contributed by atoms with van der Waals surface area (Å²) in [5, 5.41) is 3.36. The zero-order valence-electron chi connectivity index (χ0n) is 14.2. The topological polar surface area (TPSA) is 66.7 Å². The minimum Gasteiger partial charge on any atom is -0.327 e. The Hall–Kier alpha value is -2.38. The SMILES string of the molecule is O=C(Nc1ccc2ncc(Cl)n2c1)C1CCCN1C(=O)c1ccc(Br)cc1. The molecule has 1 aliphatic rings. The third-order valence-corrected chi connectivity index (χ3v) is 5.44. The van der Waals surface area contributed by atoms with Gasteiger partial charge in [0.25, 0.3) is 5.91 Å². The van der Waals surface area contributed by atoms with Crippen LogP contribution in [-0.2, 0) is 4.79 Å². The fraction of sp³-hybridized carbons (Fsp3) is 0.211. The maximum Gasteiger partial charge on any atom is 0.254 e. The molecule has 2 aromatic heterocycles. The van der Waals surface area contributed by atoms with Gasteiger partial charge in [0, 0.05) is 22.8 Å². The van der Waals surface area contributed by atoms with Crippen LogP contribution < -0.4 is 5.32 Å². The van der Waals surface area contributed by atoms with E-state index >= 15 is 0 Å². The highest BCUT2D eigenvalue weighted by atomic mass is 79.9. The van der Waals surface area contributed by atoms with E-state index in [2.05, 4.69) is 26.2 Å². The maximum absolute atomic E-state index is 12.8. The van der Waals surface area contributed by atoms with Gasteiger partial charge in [-0.3, -0.25) is 14.0 Å². The zero-order valence-corrected chi connectivity index (χ0v) is 16.6. The molecule has 6 nitrogen and oxygen atoms in total. The minimum absolute atomic E-state index is 0.131. The van der Waals surface area contributed by atoms with Gasteiger partial charge in [-0.25, -0.2) is 4.98 Å². The van der Waals surface area contributed by atoms with E-state index in [9.17, 15) is 9.59 Å². The number of amides is 2. The van der Waals surface area contributed by atoms with Crippen LogP contribution >= 0.6 is 27.5 Å². The number of benzene rings is 1. The van der Waals surface area contributed by atoms with Crippen molar-refractivity contribution in [2.75, 3.05) is 11.9 Å². The standard InChI is InChI=1S/C19H16BrClN4O2/c20-13-5-3-12(4-6-13)19(27)24-9-1-2-15(24)18(26)23-14-7-8-17-22-10-16(21)25(17)11-14/h3-8,10-11,15H,1-2,9H2,(H,23,26). The third kappa shape index (κ3) is 3.57. The molecule has 1 N–H and O–H groups in total. The van der Waals surface area contributed by atoms with E-state index in [4.69, 9.17) is 11.6 Å². The first-order chi connectivity index (χ1) is 13.0. The van der Waals surface area contributed by atoms with Crippen molar-refractivity contribution in [2.45, 2.75) is 18.9 Å². The van der Waals surface area contributed by atoms with Crippen LogP contribution in [0.3, 0.4) is 0 Å². The van der Waals surface area contributed by atoms with Gasteiger partial charge in [-0.15, -0.1) is 0 Å². The Labute approximate surface area is 169 Å². The number of nitrogens with one attached hydrogen (secondary N) is 1. The second-order valence-electron chi connectivity index (χ2n) is 6.38. The van der Waals surface area contributed by atoms with Crippen LogP contribution in [0.5, 0.6) is 0 Å². The highest BCUT2D eigenvalue weighted by molar-refractivity contribution is 9.10. The number of hydrogen-bond donors (Lipinski definition) is 1. The van der Waals surface area contributed by atoms with E-state index in [1.54, 1.807) is 46.0 Å². The first kappa shape index (κ1) is 18.0. The molecule has 138 valence electrons. The molecule has 0 aliphatic carbocycles. The largest absolute Gasteiger partial charge is 0.327 e. The molecule has 4 rings (SSSR count). The first-order valence-corrected chi connectivity index (χ1v) is 9.70. The smallest absolute Gasteiger partial charge is 0.254 e. The lowest BCUT2D eigenvalue weighted by Gasteiger charge is -2.24. The van der Waals surface area contributed by atoms with Crippen LogP contribution in [0.2, 0.25) is 5.15 Å². The summed E-state index contributed by atoms with van der Waals surface area (Å²) in [6.07, 6.45) is 4.71. The third-order valence-electron chi connectivity index (χ3n) is 4.64. The Morgan fingerprint density at radius 2 is 1.96 bits per heavy atom. The molecule has 27 heavy (non-hydrogen) atoms. The Kier molecular flexibility index (Phi) is 4.88. The van der Waals surface area contributed by atoms with E-state index in [1.807, 2.05) is 12.1 Å². The summed E-state index contributed by atoms with van der Waals surface area (Å²) in [6.45, 7) is 0.569. The number of imidazole rings is 1. The van der Waals surface area contributed by atoms with Crippen molar-refractivity contribution in [1.29, 1.82) is 0 Å². The number of anilines is 1. The van der Waals surface area contributed by atoms with E-state index in [0.29, 0.717) is 35.0 Å². The number of nitrogens with zero attached hydrogens (tertiary/aromatic N) is 3. The van der Waals surface area contributed by atoms with Crippen LogP contribution in [0.4, 0.5) is 5.69 Å². The molecule has 2 amide bonds. The summed E-state index contributed by atoms with van der Waals surface area (Å²) in [7, 11) is 0. The number of aromatic nitrogens is 2. The van der Waals surface area contributed by atoms with Crippen LogP contribution in [0.15, 0.2) is 53.3 Å². The number of pyridine rings is 1. The molecule has 1 atom stereocenters. The van der Waals surface area contributed by atoms with Gasteiger partial charge in [0.15, 0.2) is 0 Å². The van der Waals surface area contributed by atoms with Gasteiger partial charge in [-0.1, -0.05) is 27.5 Å². The monoisotopic (exact) mass is 446 g/mol. The molecule has 0 bridgehead atoms. The number of fused-ring (bicyclic) bond motifs is 1. The van der Waals surface area contributed by atoms with Crippen LogP contribution in [0.25, 0.3) is 5.65 Å². The highest BCUT2D eigenvalue weighted by Crippen LogP contribution is 2.23. The number of halogens is 2. The number of likely N-dealkylation sites (tertiary alicyclic amines) is 1. The predicted octanol–water partition coefficient (Wildman–Crippen LogP) is 3.99. The zero-order chi connectivity index (χ0) is 19.0. The number of hydrogen-bond acceptors (Lipinski definition) is 3. The van der Waals surface area contributed by atoms with Crippen molar-refractivity contribution in [3.63, 3.8) is 0 Å². The summed E-state index contributed by atoms with van der Waals surface area (Å²) in [6, 6.07) is 10.2. The molecule has 0 spiro atoms. The molecule has 8 heteroatoms. The van der Waals surface area contributed by atoms with Gasteiger partial charge >= 0.3 is 0 Å². The lowest BCUT2D eigenvalue weighted by Crippen LogP contribution is -2.43. The second-order valence-corrected chi connectivity index (χ2v) is 7.68. The number of carbonyl (C=O) groups excluding carboxylic acids is 2. The van der Waals surface area contributed by atoms with Crippen LogP contribution in [0, 0.1) is 0 Å². The van der Waals surface area contributed by atoms with Gasteiger partial charge in [0.05, 0.1) is 11.9 Å². The number of rotatable bonds is 3. The molecule has 1 fully saturated rings. The van der Waals surface area contributed by atoms with Crippen LogP contribution in [-0.4, -0.2) is 38.7 Å². The Balaban J connectivity index is 1.52. The first-order valence-electron chi connectivity index (χ1n) is 8.53. The van der Waals surface area contributed by atoms with Gasteiger partial charge in [0.2, 0.25) is 5.91 Å². The summed E-state index contributed by atoms with van der Waals surface area (Å²) in [5.41, 5.74) is 1.88. The maximum atomic E-state index is 12.8. The molecule has 0 radical (unpaired) electrons. The summed E-state index contributed by atoms with van der Waals surface area (Å²) in [5.74, 6) is -0.332. The molecule has 1 aromatic carbocycles. The number of carbonyl (C=O) groups is 2. The fourth-order valence-corrected chi connectivity index (χ4v) is 3.74. The fourth-order valence-electron chi connectivity index (χ4n) is 3.29. The molecule has 0 saturated carbocycles. The van der Waals surface area contributed by atoms with Gasteiger partial charge < -0.3 is 10.2 Å². The van der Waals surface area contributed by atoms with E-state index in [-0.39, 0.29) is 11.8 Å². The lowest BCUT2D eigenvalue weighted by molar-refractivity contribution is -0.119. The molecular weight excluding hydrogens is 432 g/mol. The van der Waals surface area contributed by atoms with Crippen molar-refractivity contribution in [1.82, 2.24) is 14.3 Å². The molecule has 3 aromatic rings. The van der Waals surface area contributed by atoms with Crippen LogP contribution in [0.1, 0.15) is 23.2 Å². The van der Waals surface area contributed by atoms with E-state index < -0.39 is 6.04 Å². The van der Waals surface area contributed by atoms with Crippen molar-refractivity contribution in [3.05, 3.63) is 64.0 Å². The van der Waals surface area contributed by atoms with Crippen molar-refractivity contribution < 1.29 is 9.59 Å². The quantitative estimate of drug-likeness (QED) is 0.660. The second kappa shape index (κ2) is 7.32. The normalized spacial score (nSPS) is 16.7. The average molecular weight is 448 g/mol. The average Bonchev–Trinajstić information content (AvgIpc) is 3.29. The minimum atomic E-state index is -0.491. The summed E-state index contributed by atoms with van der Waals surface area (Å²) >= 11 is 9.45. The van der Waals surface area contributed by atoms with Crippen molar-refractivity contribution in [2.24, 2.45) is 0 Å². The molecular formula is C19H16BrClN4O2. The molecule has 3 heterocycles. The Morgan fingerprint density at radius 1 is 1.19 bits per heavy atom. The Bertz CT molecular complexity index is 1020. The van der Waals surface area contributed by atoms with Gasteiger partial charge in [-0.2, -0.15) is 0 Å². The predicted molar refractivity (Wildman–Crippen MR) is 107 cm³/mol. The van der Waals surface area contributed by atoms with Crippen molar-refractivity contribution >= 4 is 50.7 Å². The van der Waals surface area contributed by atoms with E-state index in [1.165, 1.54) is 0 Å². The molecule has 1 unspecified atom stereocenters. The van der Waals surface area contributed by atoms with Gasteiger partial charge in [0.1, 0.15) is 16.8 Å². The molecule has 1 aliphatic heterocycles.